The average Bonchev–Trinajstić information content (AvgIpc) is 2.73. The van der Waals surface area contributed by atoms with Crippen LogP contribution in [0.2, 0.25) is 0 Å². The van der Waals surface area contributed by atoms with Gasteiger partial charge in [-0.25, -0.2) is 4.39 Å². The van der Waals surface area contributed by atoms with E-state index < -0.39 is 8.80 Å². The molecule has 3 rings (SSSR count). The minimum atomic E-state index is -1.20. The Hall–Kier alpha value is -1.67. The molecule has 16 heavy (non-hydrogen) atoms. The van der Waals surface area contributed by atoms with Crippen molar-refractivity contribution in [2.24, 2.45) is 0 Å². The minimum absolute atomic E-state index is 0.147. The Labute approximate surface area is 95.7 Å². The van der Waals surface area contributed by atoms with Gasteiger partial charge in [-0.1, -0.05) is 53.4 Å². The molecular weight excluding hydrogens is 215 g/mol. The fourth-order valence-corrected chi connectivity index (χ4v) is 4.90. The smallest absolute Gasteiger partial charge is 0.126 e. The molecule has 1 heterocycles. The molecule has 1 aliphatic heterocycles. The minimum Gasteiger partial charge on any atom is -0.207 e. The maximum absolute atomic E-state index is 13.1. The summed E-state index contributed by atoms with van der Waals surface area (Å²) in [6, 6.07) is 15.6. The van der Waals surface area contributed by atoms with Gasteiger partial charge >= 0.3 is 0 Å². The molecule has 0 aromatic heterocycles. The van der Waals surface area contributed by atoms with Crippen LogP contribution in [0, 0.1) is 5.82 Å². The molecule has 0 nitrogen and oxygen atoms in total. The third-order valence-electron chi connectivity index (χ3n) is 3.01. The zero-order valence-electron chi connectivity index (χ0n) is 8.73. The van der Waals surface area contributed by atoms with Gasteiger partial charge in [0, 0.05) is 0 Å². The lowest BCUT2D eigenvalue weighted by Gasteiger charge is -2.09. The first-order valence-electron chi connectivity index (χ1n) is 5.37. The van der Waals surface area contributed by atoms with E-state index in [9.17, 15) is 4.39 Å². The second-order valence-electron chi connectivity index (χ2n) is 4.02. The van der Waals surface area contributed by atoms with Gasteiger partial charge in [0.1, 0.15) is 14.6 Å². The van der Waals surface area contributed by atoms with Crippen molar-refractivity contribution >= 4 is 25.2 Å². The molecule has 1 unspecified atom stereocenters. The van der Waals surface area contributed by atoms with Crippen LogP contribution < -0.4 is 10.4 Å². The maximum atomic E-state index is 13.1. The van der Waals surface area contributed by atoms with Crippen LogP contribution in [0.5, 0.6) is 0 Å². The Kier molecular flexibility index (Phi) is 2.22. The van der Waals surface area contributed by atoms with E-state index in [2.05, 4.69) is 36.0 Å². The Bertz CT molecular complexity index is 546. The van der Waals surface area contributed by atoms with Crippen LogP contribution in [0.15, 0.2) is 54.2 Å². The van der Waals surface area contributed by atoms with Crippen LogP contribution in [0.4, 0.5) is 4.39 Å². The zero-order valence-corrected chi connectivity index (χ0v) is 9.88. The van der Waals surface area contributed by atoms with Crippen molar-refractivity contribution in [2.75, 3.05) is 0 Å². The predicted molar refractivity (Wildman–Crippen MR) is 68.3 cm³/mol. The second-order valence-corrected chi connectivity index (χ2v) is 6.65. The Morgan fingerprint density at radius 2 is 1.75 bits per heavy atom. The molecular formula is C14H11FSi. The highest BCUT2D eigenvalue weighted by Crippen LogP contribution is 2.12. The van der Waals surface area contributed by atoms with Crippen LogP contribution in [0.3, 0.4) is 0 Å². The SMILES string of the molecule is Fc1ccc2c(c1)C=C[SiH]2c1ccccc1. The molecule has 78 valence electrons. The molecule has 0 bridgehead atoms. The highest BCUT2D eigenvalue weighted by molar-refractivity contribution is 6.91. The molecule has 0 amide bonds. The number of benzene rings is 2. The number of halogens is 1. The third-order valence-corrected chi connectivity index (χ3v) is 5.89. The van der Waals surface area contributed by atoms with Crippen LogP contribution in [0.1, 0.15) is 5.56 Å². The predicted octanol–water partition coefficient (Wildman–Crippen LogP) is 1.73. The van der Waals surface area contributed by atoms with Gasteiger partial charge in [0.15, 0.2) is 0 Å². The zero-order chi connectivity index (χ0) is 11.0. The van der Waals surface area contributed by atoms with Crippen LogP contribution in [0.25, 0.3) is 6.08 Å². The van der Waals surface area contributed by atoms with Crippen molar-refractivity contribution in [3.05, 3.63) is 65.6 Å². The normalized spacial score (nSPS) is 17.4. The first-order chi connectivity index (χ1) is 7.84. The van der Waals surface area contributed by atoms with Gasteiger partial charge in [-0.15, -0.1) is 0 Å². The molecule has 2 aromatic rings. The van der Waals surface area contributed by atoms with Crippen LogP contribution >= 0.6 is 0 Å². The highest BCUT2D eigenvalue weighted by Gasteiger charge is 2.20. The summed E-state index contributed by atoms with van der Waals surface area (Å²) < 4.78 is 13.1. The van der Waals surface area contributed by atoms with E-state index in [1.807, 2.05) is 12.1 Å². The molecule has 0 saturated heterocycles. The van der Waals surface area contributed by atoms with Gasteiger partial charge in [0.2, 0.25) is 0 Å². The average molecular weight is 226 g/mol. The lowest BCUT2D eigenvalue weighted by molar-refractivity contribution is 0.628. The number of rotatable bonds is 1. The van der Waals surface area contributed by atoms with E-state index in [1.165, 1.54) is 10.4 Å². The number of fused-ring (bicyclic) bond motifs is 1. The summed E-state index contributed by atoms with van der Waals surface area (Å²) in [5.74, 6) is -0.147. The third kappa shape index (κ3) is 1.51. The second kappa shape index (κ2) is 3.72. The number of hydrogen-bond donors (Lipinski definition) is 0. The molecule has 0 spiro atoms. The molecule has 0 fully saturated rings. The molecule has 1 aliphatic rings. The molecule has 2 heteroatoms. The van der Waals surface area contributed by atoms with Gasteiger partial charge in [-0.2, -0.15) is 0 Å². The van der Waals surface area contributed by atoms with E-state index >= 15 is 0 Å². The molecule has 0 saturated carbocycles. The summed E-state index contributed by atoms with van der Waals surface area (Å²) in [6.45, 7) is 0. The Morgan fingerprint density at radius 1 is 0.938 bits per heavy atom. The van der Waals surface area contributed by atoms with Crippen molar-refractivity contribution in [1.82, 2.24) is 0 Å². The van der Waals surface area contributed by atoms with Crippen molar-refractivity contribution in [3.8, 4) is 0 Å². The summed E-state index contributed by atoms with van der Waals surface area (Å²) in [6.07, 6.45) is 2.06. The summed E-state index contributed by atoms with van der Waals surface area (Å²) >= 11 is 0. The quantitative estimate of drug-likeness (QED) is 0.650. The lowest BCUT2D eigenvalue weighted by atomic mass is 10.2. The van der Waals surface area contributed by atoms with Crippen molar-refractivity contribution < 1.29 is 4.39 Å². The van der Waals surface area contributed by atoms with Gasteiger partial charge in [-0.3, -0.25) is 0 Å². The molecule has 1 atom stereocenters. The molecule has 0 aliphatic carbocycles. The Balaban J connectivity index is 2.07. The first kappa shape index (κ1) is 9.55. The van der Waals surface area contributed by atoms with Gasteiger partial charge in [0.05, 0.1) is 0 Å². The van der Waals surface area contributed by atoms with Gasteiger partial charge in [-0.05, 0) is 22.9 Å². The first-order valence-corrected chi connectivity index (χ1v) is 7.19. The molecule has 2 aromatic carbocycles. The van der Waals surface area contributed by atoms with Crippen LogP contribution in [-0.2, 0) is 0 Å². The molecule has 0 N–H and O–H groups in total. The van der Waals surface area contributed by atoms with E-state index in [0.717, 1.165) is 5.56 Å². The van der Waals surface area contributed by atoms with Crippen LogP contribution in [-0.4, -0.2) is 8.80 Å². The monoisotopic (exact) mass is 226 g/mol. The topological polar surface area (TPSA) is 0 Å². The van der Waals surface area contributed by atoms with Gasteiger partial charge in [0.25, 0.3) is 0 Å². The van der Waals surface area contributed by atoms with Crippen molar-refractivity contribution in [3.63, 3.8) is 0 Å². The standard InChI is InChI=1S/C14H11FSi/c15-12-6-7-14-11(10-12)8-9-16(14)13-4-2-1-3-5-13/h1-10,16H. The lowest BCUT2D eigenvalue weighted by Crippen LogP contribution is -2.39. The highest BCUT2D eigenvalue weighted by atomic mass is 28.3. The summed E-state index contributed by atoms with van der Waals surface area (Å²) in [5, 5.41) is 2.72. The summed E-state index contributed by atoms with van der Waals surface area (Å²) in [7, 11) is -1.20. The van der Waals surface area contributed by atoms with E-state index in [-0.39, 0.29) is 5.82 Å². The molecule has 0 radical (unpaired) electrons. The summed E-state index contributed by atoms with van der Waals surface area (Å²) in [5.41, 5.74) is 3.32. The maximum Gasteiger partial charge on any atom is 0.126 e. The van der Waals surface area contributed by atoms with E-state index in [1.54, 1.807) is 12.1 Å². The van der Waals surface area contributed by atoms with Crippen molar-refractivity contribution in [1.29, 1.82) is 0 Å². The number of hydrogen-bond acceptors (Lipinski definition) is 0. The summed E-state index contributed by atoms with van der Waals surface area (Å²) in [4.78, 5) is 0. The fourth-order valence-electron chi connectivity index (χ4n) is 2.23. The van der Waals surface area contributed by atoms with E-state index in [0.29, 0.717) is 0 Å². The van der Waals surface area contributed by atoms with Crippen molar-refractivity contribution in [2.45, 2.75) is 0 Å². The van der Waals surface area contributed by atoms with Gasteiger partial charge < -0.3 is 0 Å². The Morgan fingerprint density at radius 3 is 2.56 bits per heavy atom. The largest absolute Gasteiger partial charge is 0.207 e. The fraction of sp³-hybridized carbons (Fsp3) is 0. The van der Waals surface area contributed by atoms with E-state index in [4.69, 9.17) is 0 Å².